The van der Waals surface area contributed by atoms with E-state index in [0.717, 1.165) is 0 Å². The summed E-state index contributed by atoms with van der Waals surface area (Å²) in [4.78, 5) is -0.000597. The molecule has 0 unspecified atom stereocenters. The van der Waals surface area contributed by atoms with Gasteiger partial charge in [0.05, 0.1) is 11.5 Å². The Hall–Kier alpha value is -1.20. The molecule has 0 heterocycles. The zero-order valence-electron chi connectivity index (χ0n) is 10.0. The van der Waals surface area contributed by atoms with Crippen LogP contribution >= 0.6 is 0 Å². The molecule has 8 nitrogen and oxygen atoms in total. The van der Waals surface area contributed by atoms with Crippen LogP contribution in [-0.2, 0) is 24.6 Å². The largest absolute Gasteiger partial charge is 0.399 e. The SMILES string of the molecule is Cc1ccc(N)cc1S(=O)(=O)NCCOS(=O)(=O)O. The predicted molar refractivity (Wildman–Crippen MR) is 68.3 cm³/mol. The molecule has 4 N–H and O–H groups in total. The molecule has 0 radical (unpaired) electrons. The van der Waals surface area contributed by atoms with E-state index in [4.69, 9.17) is 10.3 Å². The Morgan fingerprint density at radius 2 is 1.95 bits per heavy atom. The Morgan fingerprint density at radius 1 is 1.32 bits per heavy atom. The monoisotopic (exact) mass is 310 g/mol. The quantitative estimate of drug-likeness (QED) is 0.372. The van der Waals surface area contributed by atoms with Crippen LogP contribution in [0.3, 0.4) is 0 Å². The maximum absolute atomic E-state index is 11.9. The van der Waals surface area contributed by atoms with Gasteiger partial charge < -0.3 is 5.73 Å². The number of hydrogen-bond acceptors (Lipinski definition) is 6. The van der Waals surface area contributed by atoms with E-state index in [1.165, 1.54) is 6.07 Å². The molecule has 19 heavy (non-hydrogen) atoms. The number of anilines is 1. The molecule has 10 heteroatoms. The van der Waals surface area contributed by atoms with Crippen molar-refractivity contribution in [1.29, 1.82) is 0 Å². The first-order valence-electron chi connectivity index (χ1n) is 5.09. The van der Waals surface area contributed by atoms with E-state index in [0.29, 0.717) is 11.3 Å². The van der Waals surface area contributed by atoms with Gasteiger partial charge in [-0.05, 0) is 24.6 Å². The van der Waals surface area contributed by atoms with E-state index < -0.39 is 27.0 Å². The van der Waals surface area contributed by atoms with Crippen molar-refractivity contribution in [2.75, 3.05) is 18.9 Å². The van der Waals surface area contributed by atoms with Crippen LogP contribution in [0.4, 0.5) is 5.69 Å². The standard InChI is InChI=1S/C9H14N2O6S2/c1-7-2-3-8(10)6-9(7)18(12,13)11-4-5-17-19(14,15)16/h2-3,6,11H,4-5,10H2,1H3,(H,14,15,16). The summed E-state index contributed by atoms with van der Waals surface area (Å²) in [5.41, 5.74) is 6.30. The molecule has 0 spiro atoms. The molecular formula is C9H14N2O6S2. The number of rotatable bonds is 6. The summed E-state index contributed by atoms with van der Waals surface area (Å²) in [7, 11) is -8.39. The van der Waals surface area contributed by atoms with Crippen LogP contribution < -0.4 is 10.5 Å². The summed E-state index contributed by atoms with van der Waals surface area (Å²) in [6.45, 7) is 0.776. The van der Waals surface area contributed by atoms with Crippen molar-refractivity contribution in [3.05, 3.63) is 23.8 Å². The molecule has 0 saturated carbocycles. The van der Waals surface area contributed by atoms with E-state index in [2.05, 4.69) is 8.91 Å². The molecular weight excluding hydrogens is 296 g/mol. The van der Waals surface area contributed by atoms with Crippen molar-refractivity contribution in [3.8, 4) is 0 Å². The topological polar surface area (TPSA) is 136 Å². The molecule has 1 rings (SSSR count). The lowest BCUT2D eigenvalue weighted by molar-refractivity contribution is 0.272. The summed E-state index contributed by atoms with van der Waals surface area (Å²) < 4.78 is 58.7. The molecule has 0 saturated heterocycles. The first kappa shape index (κ1) is 15.9. The van der Waals surface area contributed by atoms with E-state index in [1.807, 2.05) is 0 Å². The Labute approximate surface area is 111 Å². The van der Waals surface area contributed by atoms with Crippen molar-refractivity contribution in [2.24, 2.45) is 0 Å². The third kappa shape index (κ3) is 5.12. The number of nitrogens with one attached hydrogen (secondary N) is 1. The smallest absolute Gasteiger partial charge is 0.397 e. The normalized spacial score (nSPS) is 12.5. The van der Waals surface area contributed by atoms with Crippen molar-refractivity contribution in [2.45, 2.75) is 11.8 Å². The second-order valence-corrected chi connectivity index (χ2v) is 6.50. The molecule has 0 amide bonds. The maximum atomic E-state index is 11.9. The van der Waals surface area contributed by atoms with E-state index in [-0.39, 0.29) is 11.4 Å². The third-order valence-corrected chi connectivity index (χ3v) is 4.20. The molecule has 0 aromatic heterocycles. The Kier molecular flexibility index (Phi) is 4.87. The van der Waals surface area contributed by atoms with Crippen LogP contribution in [0.2, 0.25) is 0 Å². The van der Waals surface area contributed by atoms with E-state index in [9.17, 15) is 16.8 Å². The minimum Gasteiger partial charge on any atom is -0.399 e. The molecule has 108 valence electrons. The van der Waals surface area contributed by atoms with Gasteiger partial charge >= 0.3 is 10.4 Å². The fourth-order valence-electron chi connectivity index (χ4n) is 1.31. The average Bonchev–Trinajstić information content (AvgIpc) is 2.26. The van der Waals surface area contributed by atoms with Gasteiger partial charge in [0.2, 0.25) is 10.0 Å². The first-order chi connectivity index (χ1) is 8.62. The zero-order chi connectivity index (χ0) is 14.7. The van der Waals surface area contributed by atoms with Gasteiger partial charge in [-0.25, -0.2) is 17.3 Å². The number of aryl methyl sites for hydroxylation is 1. The molecule has 0 fully saturated rings. The van der Waals surface area contributed by atoms with Crippen LogP contribution in [0.25, 0.3) is 0 Å². The number of sulfonamides is 1. The van der Waals surface area contributed by atoms with Gasteiger partial charge in [0.1, 0.15) is 0 Å². The highest BCUT2D eigenvalue weighted by Crippen LogP contribution is 2.17. The molecule has 0 aliphatic heterocycles. The van der Waals surface area contributed by atoms with Crippen molar-refractivity contribution in [1.82, 2.24) is 4.72 Å². The lowest BCUT2D eigenvalue weighted by atomic mass is 10.2. The average molecular weight is 310 g/mol. The summed E-state index contributed by atoms with van der Waals surface area (Å²) >= 11 is 0. The van der Waals surface area contributed by atoms with Crippen LogP contribution in [0.1, 0.15) is 5.56 Å². The lowest BCUT2D eigenvalue weighted by Crippen LogP contribution is -2.28. The number of nitrogen functional groups attached to an aromatic ring is 1. The van der Waals surface area contributed by atoms with E-state index >= 15 is 0 Å². The Bertz CT molecular complexity index is 653. The highest BCUT2D eigenvalue weighted by molar-refractivity contribution is 7.89. The Balaban J connectivity index is 2.74. The third-order valence-electron chi connectivity index (χ3n) is 2.13. The Morgan fingerprint density at radius 3 is 2.53 bits per heavy atom. The predicted octanol–water partition coefficient (Wildman–Crippen LogP) is -0.325. The fourth-order valence-corrected chi connectivity index (χ4v) is 2.89. The second kappa shape index (κ2) is 5.84. The second-order valence-electron chi connectivity index (χ2n) is 3.67. The summed E-state index contributed by atoms with van der Waals surface area (Å²) in [6.07, 6.45) is 0. The number of nitrogens with two attached hydrogens (primary N) is 1. The van der Waals surface area contributed by atoms with Gasteiger partial charge in [-0.1, -0.05) is 6.07 Å². The minimum absolute atomic E-state index is 0.000597. The maximum Gasteiger partial charge on any atom is 0.397 e. The summed E-state index contributed by atoms with van der Waals surface area (Å²) in [5, 5.41) is 0. The molecule has 0 aliphatic carbocycles. The van der Waals surface area contributed by atoms with Crippen molar-refractivity contribution in [3.63, 3.8) is 0 Å². The minimum atomic E-state index is -4.58. The highest BCUT2D eigenvalue weighted by atomic mass is 32.3. The first-order valence-corrected chi connectivity index (χ1v) is 7.94. The zero-order valence-corrected chi connectivity index (χ0v) is 11.7. The molecule has 0 aliphatic rings. The van der Waals surface area contributed by atoms with Gasteiger partial charge in [-0.2, -0.15) is 8.42 Å². The van der Waals surface area contributed by atoms with Crippen LogP contribution in [-0.4, -0.2) is 34.5 Å². The van der Waals surface area contributed by atoms with Gasteiger partial charge in [0.25, 0.3) is 0 Å². The van der Waals surface area contributed by atoms with Gasteiger partial charge in [0.15, 0.2) is 0 Å². The molecule has 0 bridgehead atoms. The number of hydrogen-bond donors (Lipinski definition) is 3. The summed E-state index contributed by atoms with van der Waals surface area (Å²) in [5.74, 6) is 0. The lowest BCUT2D eigenvalue weighted by Gasteiger charge is -2.09. The fraction of sp³-hybridized carbons (Fsp3) is 0.333. The molecule has 1 aromatic carbocycles. The number of benzene rings is 1. The highest BCUT2D eigenvalue weighted by Gasteiger charge is 2.17. The van der Waals surface area contributed by atoms with Crippen LogP contribution in [0, 0.1) is 6.92 Å². The van der Waals surface area contributed by atoms with Crippen molar-refractivity contribution >= 4 is 26.1 Å². The van der Waals surface area contributed by atoms with Gasteiger partial charge in [-0.15, -0.1) is 0 Å². The van der Waals surface area contributed by atoms with Crippen LogP contribution in [0.15, 0.2) is 23.1 Å². The van der Waals surface area contributed by atoms with Gasteiger partial charge in [-0.3, -0.25) is 4.55 Å². The van der Waals surface area contributed by atoms with Crippen LogP contribution in [0.5, 0.6) is 0 Å². The van der Waals surface area contributed by atoms with Crippen molar-refractivity contribution < 1.29 is 25.6 Å². The molecule has 1 aromatic rings. The van der Waals surface area contributed by atoms with E-state index in [1.54, 1.807) is 19.1 Å². The van der Waals surface area contributed by atoms with Gasteiger partial charge in [0, 0.05) is 12.2 Å². The molecule has 0 atom stereocenters. The summed E-state index contributed by atoms with van der Waals surface area (Å²) in [6, 6.07) is 4.41.